The maximum Gasteiger partial charge on any atom is 0.280 e. The molecular weight excluding hydrogens is 328 g/mol. The lowest BCUT2D eigenvalue weighted by molar-refractivity contribution is 0.0902. The largest absolute Gasteiger partial charge is 0.497 e. The molecule has 0 spiro atoms. The number of ether oxygens (including phenoxy) is 2. The van der Waals surface area contributed by atoms with Gasteiger partial charge in [-0.3, -0.25) is 0 Å². The fourth-order valence-corrected chi connectivity index (χ4v) is 3.99. The highest BCUT2D eigenvalue weighted by molar-refractivity contribution is 7.87. The molecule has 1 heterocycles. The summed E-state index contributed by atoms with van der Waals surface area (Å²) in [6.07, 6.45) is 3.43. The summed E-state index contributed by atoms with van der Waals surface area (Å²) in [7, 11) is -2.04. The van der Waals surface area contributed by atoms with Crippen LogP contribution in [0.2, 0.25) is 0 Å². The fraction of sp³-hybridized carbons (Fsp3) is 0.529. The Labute approximate surface area is 144 Å². The quantitative estimate of drug-likeness (QED) is 0.690. The summed E-state index contributed by atoms with van der Waals surface area (Å²) in [4.78, 5) is 0. The summed E-state index contributed by atoms with van der Waals surface area (Å²) >= 11 is 0. The van der Waals surface area contributed by atoms with Gasteiger partial charge in [-0.2, -0.15) is 17.4 Å². The molecule has 2 atom stereocenters. The molecule has 0 aliphatic carbocycles. The first-order chi connectivity index (χ1) is 11.5. The highest BCUT2D eigenvalue weighted by Crippen LogP contribution is 2.18. The molecule has 134 valence electrons. The molecule has 1 aromatic rings. The van der Waals surface area contributed by atoms with Crippen molar-refractivity contribution in [2.75, 3.05) is 20.3 Å². The summed E-state index contributed by atoms with van der Waals surface area (Å²) < 4.78 is 40.2. The molecule has 1 N–H and O–H groups in total. The first-order valence-corrected chi connectivity index (χ1v) is 9.54. The van der Waals surface area contributed by atoms with Crippen molar-refractivity contribution in [3.63, 3.8) is 0 Å². The van der Waals surface area contributed by atoms with Crippen LogP contribution in [0.4, 0.5) is 0 Å². The first-order valence-electron chi connectivity index (χ1n) is 8.10. The zero-order chi connectivity index (χ0) is 17.6. The Morgan fingerprint density at radius 2 is 2.17 bits per heavy atom. The number of nitrogens with one attached hydrogen (secondary N) is 1. The molecule has 7 heteroatoms. The van der Waals surface area contributed by atoms with Crippen LogP contribution < -0.4 is 9.46 Å². The predicted molar refractivity (Wildman–Crippen MR) is 94.1 cm³/mol. The van der Waals surface area contributed by atoms with Crippen LogP contribution in [-0.4, -0.2) is 45.1 Å². The van der Waals surface area contributed by atoms with Crippen molar-refractivity contribution >= 4 is 10.2 Å². The molecule has 0 radical (unpaired) electrons. The third-order valence-corrected chi connectivity index (χ3v) is 5.74. The molecule has 6 nitrogen and oxygen atoms in total. The molecule has 1 aliphatic rings. The molecule has 0 aromatic heterocycles. The summed E-state index contributed by atoms with van der Waals surface area (Å²) in [5.41, 5.74) is 0.864. The van der Waals surface area contributed by atoms with Crippen molar-refractivity contribution in [1.82, 2.24) is 9.03 Å². The second-order valence-electron chi connectivity index (χ2n) is 5.86. The highest BCUT2D eigenvalue weighted by atomic mass is 32.2. The van der Waals surface area contributed by atoms with Crippen molar-refractivity contribution in [3.8, 4) is 5.75 Å². The molecule has 2 rings (SSSR count). The van der Waals surface area contributed by atoms with Gasteiger partial charge in [0.05, 0.1) is 13.2 Å². The topological polar surface area (TPSA) is 67.9 Å². The Morgan fingerprint density at radius 3 is 2.71 bits per heavy atom. The second kappa shape index (κ2) is 8.62. The van der Waals surface area contributed by atoms with Gasteiger partial charge in [-0.05, 0) is 37.5 Å². The smallest absolute Gasteiger partial charge is 0.280 e. The van der Waals surface area contributed by atoms with E-state index in [-0.39, 0.29) is 18.7 Å². The highest BCUT2D eigenvalue weighted by Gasteiger charge is 2.30. The molecule has 1 fully saturated rings. The van der Waals surface area contributed by atoms with Crippen LogP contribution in [0, 0.1) is 0 Å². The molecule has 0 saturated carbocycles. The van der Waals surface area contributed by atoms with Crippen LogP contribution in [-0.2, 0) is 21.5 Å². The molecule has 24 heavy (non-hydrogen) atoms. The maximum absolute atomic E-state index is 12.7. The molecule has 0 bridgehead atoms. The normalized spacial score (nSPS) is 19.4. The average molecular weight is 354 g/mol. The third-order valence-electron chi connectivity index (χ3n) is 4.13. The van der Waals surface area contributed by atoms with Gasteiger partial charge in [-0.15, -0.1) is 6.58 Å². The van der Waals surface area contributed by atoms with E-state index in [1.54, 1.807) is 25.3 Å². The molecular formula is C17H26N2O4S. The van der Waals surface area contributed by atoms with E-state index in [9.17, 15) is 8.42 Å². The molecule has 1 aromatic carbocycles. The Balaban J connectivity index is 2.03. The van der Waals surface area contributed by atoms with E-state index in [1.165, 1.54) is 4.31 Å². The predicted octanol–water partition coefficient (Wildman–Crippen LogP) is 2.09. The number of hydrogen-bond donors (Lipinski definition) is 1. The molecule has 1 saturated heterocycles. The van der Waals surface area contributed by atoms with Crippen LogP contribution in [0.1, 0.15) is 25.3 Å². The lowest BCUT2D eigenvalue weighted by Crippen LogP contribution is -2.47. The number of rotatable bonds is 9. The zero-order valence-corrected chi connectivity index (χ0v) is 15.1. The minimum absolute atomic E-state index is 0.0510. The number of benzene rings is 1. The number of methoxy groups -OCH3 is 1. The van der Waals surface area contributed by atoms with Gasteiger partial charge in [0.15, 0.2) is 0 Å². The van der Waals surface area contributed by atoms with E-state index >= 15 is 0 Å². The van der Waals surface area contributed by atoms with Crippen LogP contribution in [0.3, 0.4) is 0 Å². The van der Waals surface area contributed by atoms with Crippen LogP contribution in [0.5, 0.6) is 5.75 Å². The van der Waals surface area contributed by atoms with Crippen molar-refractivity contribution in [3.05, 3.63) is 42.5 Å². The van der Waals surface area contributed by atoms with E-state index in [0.29, 0.717) is 13.2 Å². The van der Waals surface area contributed by atoms with Gasteiger partial charge in [-0.25, -0.2) is 0 Å². The van der Waals surface area contributed by atoms with Crippen LogP contribution >= 0.6 is 0 Å². The summed E-state index contributed by atoms with van der Waals surface area (Å²) in [5.74, 6) is 0.738. The summed E-state index contributed by atoms with van der Waals surface area (Å²) in [6, 6.07) is 6.98. The van der Waals surface area contributed by atoms with Crippen molar-refractivity contribution in [2.24, 2.45) is 0 Å². The molecule has 1 aliphatic heterocycles. The maximum atomic E-state index is 12.7. The van der Waals surface area contributed by atoms with Gasteiger partial charge in [0.1, 0.15) is 5.75 Å². The van der Waals surface area contributed by atoms with E-state index in [2.05, 4.69) is 11.3 Å². The van der Waals surface area contributed by atoms with Gasteiger partial charge in [0, 0.05) is 25.7 Å². The van der Waals surface area contributed by atoms with E-state index in [0.717, 1.165) is 24.2 Å². The van der Waals surface area contributed by atoms with Crippen molar-refractivity contribution < 1.29 is 17.9 Å². The van der Waals surface area contributed by atoms with Crippen molar-refractivity contribution in [2.45, 2.75) is 38.5 Å². The Bertz CT molecular complexity index is 624. The number of nitrogens with zero attached hydrogens (tertiary/aromatic N) is 1. The molecule has 0 amide bonds. The minimum atomic E-state index is -3.63. The van der Waals surface area contributed by atoms with E-state index in [4.69, 9.17) is 9.47 Å². The zero-order valence-electron chi connectivity index (χ0n) is 14.3. The minimum Gasteiger partial charge on any atom is -0.497 e. The van der Waals surface area contributed by atoms with Gasteiger partial charge in [0.2, 0.25) is 0 Å². The second-order valence-corrected chi connectivity index (χ2v) is 7.56. The SMILES string of the molecule is C=C[C@H](C)N(CC1CCCO1)S(=O)(=O)NCc1ccc(OC)cc1. The number of hydrogen-bond acceptors (Lipinski definition) is 4. The summed E-state index contributed by atoms with van der Waals surface area (Å²) in [5, 5.41) is 0. The Kier molecular flexibility index (Phi) is 6.79. The van der Waals surface area contributed by atoms with E-state index < -0.39 is 10.2 Å². The van der Waals surface area contributed by atoms with Gasteiger partial charge in [-0.1, -0.05) is 18.2 Å². The van der Waals surface area contributed by atoms with Crippen LogP contribution in [0.25, 0.3) is 0 Å². The average Bonchev–Trinajstić information content (AvgIpc) is 3.11. The van der Waals surface area contributed by atoms with Gasteiger partial charge >= 0.3 is 0 Å². The van der Waals surface area contributed by atoms with Gasteiger partial charge < -0.3 is 9.47 Å². The van der Waals surface area contributed by atoms with E-state index in [1.807, 2.05) is 19.1 Å². The Hall–Kier alpha value is -1.41. The standard InChI is InChI=1S/C17H26N2O4S/c1-4-14(2)19(13-17-6-5-11-23-17)24(20,21)18-12-15-7-9-16(22-3)10-8-15/h4,7-10,14,17-18H,1,5-6,11-13H2,2-3H3/t14-,17?/m0/s1. The third kappa shape index (κ3) is 5.04. The summed E-state index contributed by atoms with van der Waals surface area (Å²) in [6.45, 7) is 6.79. The van der Waals surface area contributed by atoms with Crippen molar-refractivity contribution in [1.29, 1.82) is 0 Å². The van der Waals surface area contributed by atoms with Crippen LogP contribution in [0.15, 0.2) is 36.9 Å². The lowest BCUT2D eigenvalue weighted by atomic mass is 10.2. The lowest BCUT2D eigenvalue weighted by Gasteiger charge is -2.28. The first kappa shape index (κ1) is 18.9. The monoisotopic (exact) mass is 354 g/mol. The van der Waals surface area contributed by atoms with Gasteiger partial charge in [0.25, 0.3) is 10.2 Å². The fourth-order valence-electron chi connectivity index (χ4n) is 2.59. The Morgan fingerprint density at radius 1 is 1.46 bits per heavy atom. The molecule has 1 unspecified atom stereocenters.